The van der Waals surface area contributed by atoms with Crippen molar-refractivity contribution < 1.29 is 9.18 Å². The van der Waals surface area contributed by atoms with E-state index in [1.165, 1.54) is 25.0 Å². The van der Waals surface area contributed by atoms with Crippen molar-refractivity contribution in [2.24, 2.45) is 5.92 Å². The fourth-order valence-electron chi connectivity index (χ4n) is 1.56. The number of carbonyl (C=O) groups is 1. The van der Waals surface area contributed by atoms with E-state index in [0.717, 1.165) is 12.3 Å². The maximum Gasteiger partial charge on any atom is 0.162 e. The molecular formula is C12H12ClFO. The molecule has 1 nitrogen and oxygen atoms in total. The highest BCUT2D eigenvalue weighted by Gasteiger charge is 2.22. The van der Waals surface area contributed by atoms with Crippen LogP contribution in [0, 0.1) is 11.7 Å². The summed E-state index contributed by atoms with van der Waals surface area (Å²) in [7, 11) is 0. The van der Waals surface area contributed by atoms with Gasteiger partial charge >= 0.3 is 0 Å². The van der Waals surface area contributed by atoms with E-state index in [-0.39, 0.29) is 10.8 Å². The van der Waals surface area contributed by atoms with E-state index in [2.05, 4.69) is 0 Å². The highest BCUT2D eigenvalue weighted by atomic mass is 35.5. The Bertz CT molecular complexity index is 385. The third-order valence-electron chi connectivity index (χ3n) is 2.72. The molecule has 0 atom stereocenters. The number of ketones is 1. The van der Waals surface area contributed by atoms with Crippen molar-refractivity contribution in [2.45, 2.75) is 25.7 Å². The van der Waals surface area contributed by atoms with E-state index in [0.29, 0.717) is 12.0 Å². The maximum atomic E-state index is 13.1. The van der Waals surface area contributed by atoms with Gasteiger partial charge in [-0.3, -0.25) is 4.79 Å². The summed E-state index contributed by atoms with van der Waals surface area (Å²) < 4.78 is 13.1. The molecule has 0 amide bonds. The SMILES string of the molecule is O=C(CCC1CC1)c1ccc(Cl)c(F)c1. The quantitative estimate of drug-likeness (QED) is 0.713. The summed E-state index contributed by atoms with van der Waals surface area (Å²) in [6.45, 7) is 0. The topological polar surface area (TPSA) is 17.1 Å². The first-order chi connectivity index (χ1) is 7.16. The molecule has 1 fully saturated rings. The van der Waals surface area contributed by atoms with Gasteiger partial charge in [-0.25, -0.2) is 4.39 Å². The molecule has 1 saturated carbocycles. The van der Waals surface area contributed by atoms with Gasteiger partial charge in [0.25, 0.3) is 0 Å². The van der Waals surface area contributed by atoms with Gasteiger partial charge in [-0.1, -0.05) is 24.4 Å². The number of hydrogen-bond acceptors (Lipinski definition) is 1. The Labute approximate surface area is 93.2 Å². The minimum Gasteiger partial charge on any atom is -0.294 e. The van der Waals surface area contributed by atoms with Gasteiger partial charge in [-0.2, -0.15) is 0 Å². The number of halogens is 2. The molecule has 0 spiro atoms. The van der Waals surface area contributed by atoms with Crippen LogP contribution in [0.15, 0.2) is 18.2 Å². The summed E-state index contributed by atoms with van der Waals surface area (Å²) in [6, 6.07) is 4.24. The van der Waals surface area contributed by atoms with Crippen LogP contribution < -0.4 is 0 Å². The maximum absolute atomic E-state index is 13.1. The lowest BCUT2D eigenvalue weighted by atomic mass is 10.1. The number of hydrogen-bond donors (Lipinski definition) is 0. The van der Waals surface area contributed by atoms with Crippen LogP contribution in [0.5, 0.6) is 0 Å². The third-order valence-corrected chi connectivity index (χ3v) is 3.02. The van der Waals surface area contributed by atoms with Crippen LogP contribution in [-0.2, 0) is 0 Å². The van der Waals surface area contributed by atoms with Crippen molar-refractivity contribution in [3.8, 4) is 0 Å². The van der Waals surface area contributed by atoms with E-state index < -0.39 is 5.82 Å². The summed E-state index contributed by atoms with van der Waals surface area (Å²) in [5.41, 5.74) is 0.428. The van der Waals surface area contributed by atoms with E-state index in [4.69, 9.17) is 11.6 Å². The first-order valence-electron chi connectivity index (χ1n) is 5.15. The van der Waals surface area contributed by atoms with Crippen molar-refractivity contribution in [1.29, 1.82) is 0 Å². The number of rotatable bonds is 4. The van der Waals surface area contributed by atoms with Crippen molar-refractivity contribution in [3.05, 3.63) is 34.6 Å². The molecule has 0 N–H and O–H groups in total. The average molecular weight is 227 g/mol. The lowest BCUT2D eigenvalue weighted by Crippen LogP contribution is -2.00. The van der Waals surface area contributed by atoms with Crippen molar-refractivity contribution in [3.63, 3.8) is 0 Å². The summed E-state index contributed by atoms with van der Waals surface area (Å²) in [6.07, 6.45) is 3.93. The molecule has 80 valence electrons. The second kappa shape index (κ2) is 4.31. The summed E-state index contributed by atoms with van der Waals surface area (Å²) in [4.78, 5) is 11.6. The van der Waals surface area contributed by atoms with Crippen LogP contribution in [-0.4, -0.2) is 5.78 Å². The predicted octanol–water partition coefficient (Wildman–Crippen LogP) is 3.85. The van der Waals surface area contributed by atoms with Crippen LogP contribution in [0.3, 0.4) is 0 Å². The van der Waals surface area contributed by atoms with Crippen LogP contribution in [0.2, 0.25) is 5.02 Å². The Morgan fingerprint density at radius 1 is 1.47 bits per heavy atom. The van der Waals surface area contributed by atoms with Crippen LogP contribution in [0.25, 0.3) is 0 Å². The van der Waals surface area contributed by atoms with Crippen molar-refractivity contribution >= 4 is 17.4 Å². The number of benzene rings is 1. The van der Waals surface area contributed by atoms with Crippen LogP contribution >= 0.6 is 11.6 Å². The monoisotopic (exact) mass is 226 g/mol. The molecule has 0 unspecified atom stereocenters. The highest BCUT2D eigenvalue weighted by Crippen LogP contribution is 2.33. The smallest absolute Gasteiger partial charge is 0.162 e. The molecule has 0 saturated heterocycles. The average Bonchev–Trinajstić information content (AvgIpc) is 3.02. The molecule has 1 aromatic rings. The van der Waals surface area contributed by atoms with E-state index >= 15 is 0 Å². The molecule has 0 bridgehead atoms. The molecule has 1 aliphatic rings. The van der Waals surface area contributed by atoms with Gasteiger partial charge in [-0.15, -0.1) is 0 Å². The first kappa shape index (κ1) is 10.6. The van der Waals surface area contributed by atoms with Gasteiger partial charge < -0.3 is 0 Å². The summed E-state index contributed by atoms with van der Waals surface area (Å²) in [5, 5.41) is 0.0637. The van der Waals surface area contributed by atoms with Crippen molar-refractivity contribution in [1.82, 2.24) is 0 Å². The molecule has 15 heavy (non-hydrogen) atoms. The third kappa shape index (κ3) is 2.78. The standard InChI is InChI=1S/C12H12ClFO/c13-10-5-4-9(7-11(10)14)12(15)6-3-8-1-2-8/h4-5,7-8H,1-3,6H2. The number of Topliss-reactive ketones (excluding diaryl/α,β-unsaturated/α-hetero) is 1. The Morgan fingerprint density at radius 3 is 2.80 bits per heavy atom. The van der Waals surface area contributed by atoms with Gasteiger partial charge in [0.2, 0.25) is 0 Å². The van der Waals surface area contributed by atoms with Gasteiger partial charge in [-0.05, 0) is 30.5 Å². The zero-order valence-corrected chi connectivity index (χ0v) is 9.06. The molecule has 1 aromatic carbocycles. The Balaban J connectivity index is 2.00. The molecule has 0 heterocycles. The molecule has 1 aliphatic carbocycles. The lowest BCUT2D eigenvalue weighted by Gasteiger charge is -2.01. The first-order valence-corrected chi connectivity index (χ1v) is 5.53. The zero-order chi connectivity index (χ0) is 10.8. The van der Waals surface area contributed by atoms with Crippen LogP contribution in [0.4, 0.5) is 4.39 Å². The Hall–Kier alpha value is -0.890. The molecule has 3 heteroatoms. The predicted molar refractivity (Wildman–Crippen MR) is 57.7 cm³/mol. The van der Waals surface area contributed by atoms with Gasteiger partial charge in [0.05, 0.1) is 5.02 Å². The second-order valence-electron chi connectivity index (χ2n) is 4.03. The summed E-state index contributed by atoms with van der Waals surface area (Å²) in [5.74, 6) is 0.220. The fraction of sp³-hybridized carbons (Fsp3) is 0.417. The molecule has 0 aliphatic heterocycles. The van der Waals surface area contributed by atoms with E-state index in [1.807, 2.05) is 0 Å². The highest BCUT2D eigenvalue weighted by molar-refractivity contribution is 6.30. The van der Waals surface area contributed by atoms with E-state index in [1.54, 1.807) is 6.07 Å². The zero-order valence-electron chi connectivity index (χ0n) is 8.30. The van der Waals surface area contributed by atoms with Gasteiger partial charge in [0, 0.05) is 12.0 Å². The molecular weight excluding hydrogens is 215 g/mol. The van der Waals surface area contributed by atoms with Crippen LogP contribution in [0.1, 0.15) is 36.0 Å². The fourth-order valence-corrected chi connectivity index (χ4v) is 1.67. The normalized spacial score (nSPS) is 15.3. The lowest BCUT2D eigenvalue weighted by molar-refractivity contribution is 0.0977. The Kier molecular flexibility index (Phi) is 3.06. The second-order valence-corrected chi connectivity index (χ2v) is 4.44. The van der Waals surface area contributed by atoms with E-state index in [9.17, 15) is 9.18 Å². The van der Waals surface area contributed by atoms with Gasteiger partial charge in [0.1, 0.15) is 5.82 Å². The largest absolute Gasteiger partial charge is 0.294 e. The molecule has 2 rings (SSSR count). The summed E-state index contributed by atoms with van der Waals surface area (Å²) >= 11 is 5.54. The Morgan fingerprint density at radius 2 is 2.20 bits per heavy atom. The van der Waals surface area contributed by atoms with Crippen molar-refractivity contribution in [2.75, 3.05) is 0 Å². The molecule has 0 radical (unpaired) electrons. The minimum atomic E-state index is -0.520. The molecule has 0 aromatic heterocycles. The minimum absolute atomic E-state index is 0.0115. The number of carbonyl (C=O) groups excluding carboxylic acids is 1. The van der Waals surface area contributed by atoms with Gasteiger partial charge in [0.15, 0.2) is 5.78 Å².